The Labute approximate surface area is 133 Å². The van der Waals surface area contributed by atoms with Crippen molar-refractivity contribution in [1.82, 2.24) is 4.90 Å². The van der Waals surface area contributed by atoms with Gasteiger partial charge in [-0.05, 0) is 37.7 Å². The summed E-state index contributed by atoms with van der Waals surface area (Å²) in [6.07, 6.45) is 1.47. The first-order chi connectivity index (χ1) is 10.7. The number of nitrogens with one attached hydrogen (secondary N) is 1. The Kier molecular flexibility index (Phi) is 3.84. The number of quaternary nitrogens is 1. The summed E-state index contributed by atoms with van der Waals surface area (Å²) in [7, 11) is 1.91. The van der Waals surface area contributed by atoms with E-state index in [0.717, 1.165) is 5.70 Å². The van der Waals surface area contributed by atoms with Gasteiger partial charge in [-0.15, -0.1) is 0 Å². The van der Waals surface area contributed by atoms with E-state index in [2.05, 4.69) is 0 Å². The fourth-order valence-corrected chi connectivity index (χ4v) is 3.75. The first kappa shape index (κ1) is 16.2. The third-order valence-electron chi connectivity index (χ3n) is 4.55. The van der Waals surface area contributed by atoms with Gasteiger partial charge in [0.05, 0.1) is 31.6 Å². The van der Waals surface area contributed by atoms with Crippen LogP contribution in [0.5, 0.6) is 0 Å². The van der Waals surface area contributed by atoms with Gasteiger partial charge in [0.1, 0.15) is 17.1 Å². The molecule has 3 N–H and O–H groups in total. The number of aryl methyl sites for hydroxylation is 1. The Morgan fingerprint density at radius 3 is 2.65 bits per heavy atom. The molecule has 2 aliphatic rings. The maximum absolute atomic E-state index is 13.3. The monoisotopic (exact) mass is 324 g/mol. The van der Waals surface area contributed by atoms with Crippen molar-refractivity contribution in [2.75, 3.05) is 20.1 Å². The number of nitrogens with two attached hydrogens (primary N) is 1. The van der Waals surface area contributed by atoms with Crippen LogP contribution in [0.15, 0.2) is 30.0 Å². The molecule has 0 atom stereocenters. The predicted molar refractivity (Wildman–Crippen MR) is 82.4 cm³/mol. The molecular weight excluding hydrogens is 303 g/mol. The van der Waals surface area contributed by atoms with Gasteiger partial charge >= 0.3 is 0 Å². The van der Waals surface area contributed by atoms with E-state index >= 15 is 0 Å². The minimum atomic E-state index is -2.57. The first-order valence-electron chi connectivity index (χ1n) is 7.66. The second-order valence-corrected chi connectivity index (χ2v) is 6.99. The summed E-state index contributed by atoms with van der Waals surface area (Å²) in [5, 5.41) is 10.1. The number of halogens is 3. The molecule has 3 nitrogen and oxygen atoms in total. The van der Waals surface area contributed by atoms with Gasteiger partial charge in [0.15, 0.2) is 0 Å². The fourth-order valence-electron chi connectivity index (χ4n) is 3.75. The molecule has 0 aromatic heterocycles. The number of piperazine rings is 1. The molecule has 1 saturated carbocycles. The van der Waals surface area contributed by atoms with Crippen molar-refractivity contribution in [3.8, 4) is 0 Å². The van der Waals surface area contributed by atoms with E-state index in [1.807, 2.05) is 17.3 Å². The van der Waals surface area contributed by atoms with Crippen LogP contribution in [0.4, 0.5) is 13.2 Å². The maximum Gasteiger partial charge on any atom is 0.260 e. The lowest BCUT2D eigenvalue weighted by atomic mass is 9.72. The van der Waals surface area contributed by atoms with E-state index in [1.54, 1.807) is 25.1 Å². The highest BCUT2D eigenvalue weighted by Gasteiger charge is 2.61. The molecular formula is C17H21F3N3+. The van der Waals surface area contributed by atoms with Crippen molar-refractivity contribution >= 4 is 5.71 Å². The lowest BCUT2D eigenvalue weighted by Gasteiger charge is -2.49. The smallest absolute Gasteiger partial charge is 0.260 e. The van der Waals surface area contributed by atoms with Gasteiger partial charge in [0.2, 0.25) is 0 Å². The summed E-state index contributed by atoms with van der Waals surface area (Å²) in [4.78, 5) is 2.02. The Morgan fingerprint density at radius 2 is 2.04 bits per heavy atom. The van der Waals surface area contributed by atoms with Gasteiger partial charge in [-0.1, -0.05) is 0 Å². The van der Waals surface area contributed by atoms with Crippen LogP contribution < -0.4 is 5.32 Å². The van der Waals surface area contributed by atoms with E-state index < -0.39 is 11.5 Å². The van der Waals surface area contributed by atoms with Crippen molar-refractivity contribution < 1.29 is 18.5 Å². The van der Waals surface area contributed by atoms with Crippen molar-refractivity contribution in [3.63, 3.8) is 0 Å². The minimum absolute atomic E-state index is 0.120. The summed E-state index contributed by atoms with van der Waals surface area (Å²) in [6.45, 7) is 2.92. The van der Waals surface area contributed by atoms with Gasteiger partial charge in [0.25, 0.3) is 5.92 Å². The molecule has 1 aliphatic carbocycles. The van der Waals surface area contributed by atoms with Crippen LogP contribution in [0.25, 0.3) is 0 Å². The van der Waals surface area contributed by atoms with Crippen molar-refractivity contribution in [1.29, 1.82) is 5.41 Å². The average Bonchev–Trinajstić information content (AvgIpc) is 2.38. The number of allylic oxidation sites excluding steroid dienone is 1. The normalized spacial score (nSPS) is 24.7. The van der Waals surface area contributed by atoms with E-state index in [9.17, 15) is 13.2 Å². The fraction of sp³-hybridized carbons (Fsp3) is 0.471. The average molecular weight is 324 g/mol. The number of alkyl halides is 2. The van der Waals surface area contributed by atoms with Gasteiger partial charge < -0.3 is 10.7 Å². The number of hydrogen-bond donors (Lipinski definition) is 2. The highest BCUT2D eigenvalue weighted by atomic mass is 19.3. The third kappa shape index (κ3) is 3.33. The van der Waals surface area contributed by atoms with Crippen molar-refractivity contribution in [2.24, 2.45) is 0 Å². The summed E-state index contributed by atoms with van der Waals surface area (Å²) < 4.78 is 39.9. The standard InChI is InChI=1S/C17H20F3N3/c1-11-5-12(3-4-14(11)18)15(21)6-13-7-23(2)10-16(22-13)8-17(19,20)9-16/h3-6,21-22H,7-10H2,1-2H3/p+1. The lowest BCUT2D eigenvalue weighted by Crippen LogP contribution is -3.03. The van der Waals surface area contributed by atoms with E-state index in [-0.39, 0.29) is 24.4 Å². The topological polar surface area (TPSA) is 43.7 Å². The van der Waals surface area contributed by atoms with Crippen LogP contribution in [0.3, 0.4) is 0 Å². The molecule has 23 heavy (non-hydrogen) atoms. The molecule has 0 bridgehead atoms. The largest absolute Gasteiger partial charge is 0.310 e. The summed E-state index contributed by atoms with van der Waals surface area (Å²) in [6, 6.07) is 4.55. The number of benzene rings is 1. The zero-order valence-corrected chi connectivity index (χ0v) is 13.3. The number of rotatable bonds is 2. The molecule has 1 heterocycles. The van der Waals surface area contributed by atoms with E-state index in [0.29, 0.717) is 24.2 Å². The number of nitrogens with zero attached hydrogens (tertiary/aromatic N) is 1. The second-order valence-electron chi connectivity index (χ2n) is 6.99. The highest BCUT2D eigenvalue weighted by molar-refractivity contribution is 6.06. The molecule has 1 aromatic carbocycles. The number of hydrogen-bond acceptors (Lipinski definition) is 2. The molecule has 124 valence electrons. The molecule has 1 spiro atoms. The van der Waals surface area contributed by atoms with Gasteiger partial charge in [-0.25, -0.2) is 13.2 Å². The molecule has 0 unspecified atom stereocenters. The Bertz CT molecular complexity index is 668. The van der Waals surface area contributed by atoms with Crippen LogP contribution in [-0.2, 0) is 0 Å². The SMILES string of the molecule is Cc1cc(C(=N)C=C2CN(C)CC3(CC(F)(F)C3)[NH2+]2)ccc1F. The van der Waals surface area contributed by atoms with E-state index in [1.165, 1.54) is 6.07 Å². The Balaban J connectivity index is 1.78. The number of likely N-dealkylation sites (N-methyl/N-ethyl adjacent to an activating group) is 1. The van der Waals surface area contributed by atoms with Crippen LogP contribution >= 0.6 is 0 Å². The van der Waals surface area contributed by atoms with Gasteiger partial charge in [0, 0.05) is 11.6 Å². The zero-order valence-electron chi connectivity index (χ0n) is 13.3. The quantitative estimate of drug-likeness (QED) is 0.804. The van der Waals surface area contributed by atoms with Gasteiger partial charge in [-0.3, -0.25) is 4.90 Å². The van der Waals surface area contributed by atoms with Crippen LogP contribution in [-0.4, -0.2) is 42.2 Å². The van der Waals surface area contributed by atoms with Crippen molar-refractivity contribution in [2.45, 2.75) is 31.2 Å². The molecule has 0 radical (unpaired) electrons. The highest BCUT2D eigenvalue weighted by Crippen LogP contribution is 2.44. The summed E-state index contributed by atoms with van der Waals surface area (Å²) >= 11 is 0. The second kappa shape index (κ2) is 5.46. The lowest BCUT2D eigenvalue weighted by molar-refractivity contribution is -0.717. The molecule has 1 aromatic rings. The van der Waals surface area contributed by atoms with Crippen LogP contribution in [0.2, 0.25) is 0 Å². The Morgan fingerprint density at radius 1 is 1.35 bits per heavy atom. The molecule has 1 aliphatic heterocycles. The predicted octanol–water partition coefficient (Wildman–Crippen LogP) is 2.06. The molecule has 0 amide bonds. The van der Waals surface area contributed by atoms with Crippen LogP contribution in [0.1, 0.15) is 24.0 Å². The zero-order chi connectivity index (χ0) is 16.8. The third-order valence-corrected chi connectivity index (χ3v) is 4.55. The van der Waals surface area contributed by atoms with E-state index in [4.69, 9.17) is 5.41 Å². The maximum atomic E-state index is 13.3. The minimum Gasteiger partial charge on any atom is -0.310 e. The van der Waals surface area contributed by atoms with Crippen molar-refractivity contribution in [3.05, 3.63) is 46.9 Å². The summed E-state index contributed by atoms with van der Waals surface area (Å²) in [5.41, 5.74) is 1.80. The Hall–Kier alpha value is -1.66. The van der Waals surface area contributed by atoms with Gasteiger partial charge in [-0.2, -0.15) is 0 Å². The molecule has 6 heteroatoms. The summed E-state index contributed by atoms with van der Waals surface area (Å²) in [5.74, 6) is -2.87. The molecule has 2 fully saturated rings. The first-order valence-corrected chi connectivity index (χ1v) is 7.66. The molecule has 3 rings (SSSR count). The van der Waals surface area contributed by atoms with Crippen LogP contribution in [0, 0.1) is 18.2 Å². The molecule has 1 saturated heterocycles.